The molecule has 138 valence electrons. The van der Waals surface area contributed by atoms with Gasteiger partial charge in [0, 0.05) is 38.7 Å². The van der Waals surface area contributed by atoms with Crippen molar-refractivity contribution in [1.29, 1.82) is 0 Å². The molecule has 5 nitrogen and oxygen atoms in total. The summed E-state index contributed by atoms with van der Waals surface area (Å²) in [5, 5.41) is 3.30. The minimum Gasteiger partial charge on any atom is -0.366 e. The highest BCUT2D eigenvalue weighted by atomic mass is 16.2. The van der Waals surface area contributed by atoms with E-state index in [-0.39, 0.29) is 5.91 Å². The number of benzene rings is 1. The van der Waals surface area contributed by atoms with Gasteiger partial charge in [0.1, 0.15) is 5.82 Å². The molecule has 0 fully saturated rings. The largest absolute Gasteiger partial charge is 0.366 e. The van der Waals surface area contributed by atoms with Gasteiger partial charge in [-0.2, -0.15) is 0 Å². The number of hydrogen-bond acceptors (Lipinski definition) is 4. The van der Waals surface area contributed by atoms with Crippen molar-refractivity contribution < 1.29 is 4.79 Å². The second kappa shape index (κ2) is 8.94. The first kappa shape index (κ1) is 18.6. The molecule has 3 rings (SSSR count). The lowest BCUT2D eigenvalue weighted by Crippen LogP contribution is -2.29. The fraction of sp³-hybridized carbons (Fsp3) is 0.227. The lowest BCUT2D eigenvalue weighted by atomic mass is 10.1. The molecule has 0 spiro atoms. The van der Waals surface area contributed by atoms with Crippen LogP contribution >= 0.6 is 0 Å². The number of nitrogens with zero attached hydrogens (tertiary/aromatic N) is 3. The van der Waals surface area contributed by atoms with Gasteiger partial charge >= 0.3 is 0 Å². The van der Waals surface area contributed by atoms with E-state index in [1.807, 2.05) is 43.4 Å². The summed E-state index contributed by atoms with van der Waals surface area (Å²) in [7, 11) is 1.81. The Morgan fingerprint density at radius 3 is 2.56 bits per heavy atom. The summed E-state index contributed by atoms with van der Waals surface area (Å²) in [6.07, 6.45) is 5.97. The third-order valence-electron chi connectivity index (χ3n) is 4.56. The van der Waals surface area contributed by atoms with Crippen molar-refractivity contribution in [3.63, 3.8) is 0 Å². The van der Waals surface area contributed by atoms with Crippen molar-refractivity contribution >= 4 is 11.7 Å². The SMILES string of the molecule is Cc1ccccc1CNc1ccc(C(=O)N(C)CCc2ccncc2)cn1. The third kappa shape index (κ3) is 5.14. The van der Waals surface area contributed by atoms with Crippen LogP contribution in [0.4, 0.5) is 5.82 Å². The molecule has 5 heteroatoms. The van der Waals surface area contributed by atoms with Crippen LogP contribution in [0.2, 0.25) is 0 Å². The second-order valence-corrected chi connectivity index (χ2v) is 6.54. The standard InChI is InChI=1S/C22H24N4O/c1-17-5-3-4-6-19(17)15-24-21-8-7-20(16-25-21)22(27)26(2)14-11-18-9-12-23-13-10-18/h3-10,12-13,16H,11,14-15H2,1-2H3,(H,24,25). The molecule has 1 aromatic carbocycles. The Bertz CT molecular complexity index is 878. The van der Waals surface area contributed by atoms with E-state index < -0.39 is 0 Å². The lowest BCUT2D eigenvalue weighted by Gasteiger charge is -2.17. The number of aromatic nitrogens is 2. The number of pyridine rings is 2. The zero-order valence-electron chi connectivity index (χ0n) is 15.7. The van der Waals surface area contributed by atoms with Gasteiger partial charge in [0.05, 0.1) is 5.56 Å². The van der Waals surface area contributed by atoms with Crippen molar-refractivity contribution in [2.75, 3.05) is 18.9 Å². The van der Waals surface area contributed by atoms with Gasteiger partial charge in [0.15, 0.2) is 0 Å². The van der Waals surface area contributed by atoms with Crippen molar-refractivity contribution in [3.8, 4) is 0 Å². The van der Waals surface area contributed by atoms with E-state index in [0.29, 0.717) is 18.7 Å². The molecule has 27 heavy (non-hydrogen) atoms. The molecule has 2 heterocycles. The van der Waals surface area contributed by atoms with E-state index >= 15 is 0 Å². The Morgan fingerprint density at radius 1 is 1.07 bits per heavy atom. The van der Waals surface area contributed by atoms with E-state index in [1.54, 1.807) is 23.5 Å². The monoisotopic (exact) mass is 360 g/mol. The van der Waals surface area contributed by atoms with Crippen LogP contribution in [0.15, 0.2) is 67.1 Å². The zero-order valence-corrected chi connectivity index (χ0v) is 15.7. The molecule has 1 N–H and O–H groups in total. The maximum Gasteiger partial charge on any atom is 0.255 e. The van der Waals surface area contributed by atoms with Crippen LogP contribution in [-0.4, -0.2) is 34.4 Å². The second-order valence-electron chi connectivity index (χ2n) is 6.54. The van der Waals surface area contributed by atoms with Gasteiger partial charge in [-0.25, -0.2) is 4.98 Å². The first-order valence-corrected chi connectivity index (χ1v) is 9.02. The van der Waals surface area contributed by atoms with Gasteiger partial charge in [-0.1, -0.05) is 24.3 Å². The number of nitrogens with one attached hydrogen (secondary N) is 1. The number of carbonyl (C=O) groups excluding carboxylic acids is 1. The molecule has 2 aromatic heterocycles. The van der Waals surface area contributed by atoms with Crippen LogP contribution in [0.25, 0.3) is 0 Å². The molecule has 0 aliphatic carbocycles. The molecule has 0 radical (unpaired) electrons. The van der Waals surface area contributed by atoms with E-state index in [9.17, 15) is 4.79 Å². The summed E-state index contributed by atoms with van der Waals surface area (Å²) in [6, 6.07) is 15.8. The van der Waals surface area contributed by atoms with Crippen molar-refractivity contribution in [1.82, 2.24) is 14.9 Å². The molecule has 0 saturated heterocycles. The predicted molar refractivity (Wildman–Crippen MR) is 108 cm³/mol. The smallest absolute Gasteiger partial charge is 0.255 e. The maximum absolute atomic E-state index is 12.6. The van der Waals surface area contributed by atoms with E-state index in [2.05, 4.69) is 34.3 Å². The Balaban J connectivity index is 1.54. The predicted octanol–water partition coefficient (Wildman–Crippen LogP) is 3.71. The van der Waals surface area contributed by atoms with Crippen molar-refractivity contribution in [2.24, 2.45) is 0 Å². The minimum atomic E-state index is -0.0259. The molecular weight excluding hydrogens is 336 g/mol. The fourth-order valence-electron chi connectivity index (χ4n) is 2.79. The number of likely N-dealkylation sites (N-methyl/N-ethyl adjacent to an activating group) is 1. The highest BCUT2D eigenvalue weighted by Crippen LogP contribution is 2.12. The molecule has 3 aromatic rings. The van der Waals surface area contributed by atoms with Crippen LogP contribution in [0.3, 0.4) is 0 Å². The highest BCUT2D eigenvalue weighted by Gasteiger charge is 2.12. The average molecular weight is 360 g/mol. The van der Waals surface area contributed by atoms with Crippen molar-refractivity contribution in [2.45, 2.75) is 19.9 Å². The first-order chi connectivity index (χ1) is 13.1. The summed E-state index contributed by atoms with van der Waals surface area (Å²) < 4.78 is 0. The van der Waals surface area contributed by atoms with E-state index in [1.165, 1.54) is 16.7 Å². The quantitative estimate of drug-likeness (QED) is 0.698. The topological polar surface area (TPSA) is 58.1 Å². The zero-order chi connectivity index (χ0) is 19.1. The number of carbonyl (C=O) groups is 1. The van der Waals surface area contributed by atoms with Crippen LogP contribution in [0.5, 0.6) is 0 Å². The molecule has 0 aliphatic rings. The molecule has 0 atom stereocenters. The molecule has 0 unspecified atom stereocenters. The Labute approximate surface area is 160 Å². The summed E-state index contributed by atoms with van der Waals surface area (Å²) in [5.41, 5.74) is 4.23. The average Bonchev–Trinajstić information content (AvgIpc) is 2.72. The Kier molecular flexibility index (Phi) is 6.15. The number of amides is 1. The van der Waals surface area contributed by atoms with Crippen LogP contribution in [0.1, 0.15) is 27.0 Å². The molecule has 0 aliphatic heterocycles. The summed E-state index contributed by atoms with van der Waals surface area (Å²) in [4.78, 5) is 22.7. The van der Waals surface area contributed by atoms with Gasteiger partial charge < -0.3 is 10.2 Å². The Hall–Kier alpha value is -3.21. The van der Waals surface area contributed by atoms with Crippen molar-refractivity contribution in [3.05, 3.63) is 89.4 Å². The number of anilines is 1. The van der Waals surface area contributed by atoms with E-state index in [0.717, 1.165) is 12.2 Å². The van der Waals surface area contributed by atoms with Gasteiger partial charge in [0.25, 0.3) is 5.91 Å². The summed E-state index contributed by atoms with van der Waals surface area (Å²) >= 11 is 0. The number of hydrogen-bond donors (Lipinski definition) is 1. The highest BCUT2D eigenvalue weighted by molar-refractivity contribution is 5.93. The molecule has 1 amide bonds. The molecular formula is C22H24N4O. The fourth-order valence-corrected chi connectivity index (χ4v) is 2.79. The van der Waals surface area contributed by atoms with E-state index in [4.69, 9.17) is 0 Å². The van der Waals surface area contributed by atoms with Crippen LogP contribution in [0, 0.1) is 6.92 Å². The van der Waals surface area contributed by atoms with Gasteiger partial charge in [-0.05, 0) is 54.3 Å². The third-order valence-corrected chi connectivity index (χ3v) is 4.56. The first-order valence-electron chi connectivity index (χ1n) is 9.02. The molecule has 0 saturated carbocycles. The van der Waals surface area contributed by atoms with Gasteiger partial charge in [-0.3, -0.25) is 9.78 Å². The Morgan fingerprint density at radius 2 is 1.85 bits per heavy atom. The number of rotatable bonds is 7. The summed E-state index contributed by atoms with van der Waals surface area (Å²) in [6.45, 7) is 3.45. The minimum absolute atomic E-state index is 0.0259. The van der Waals surface area contributed by atoms with Crippen LogP contribution < -0.4 is 5.32 Å². The maximum atomic E-state index is 12.6. The normalized spacial score (nSPS) is 10.4. The lowest BCUT2D eigenvalue weighted by molar-refractivity contribution is 0.0796. The number of aryl methyl sites for hydroxylation is 1. The molecule has 0 bridgehead atoms. The van der Waals surface area contributed by atoms with Gasteiger partial charge in [-0.15, -0.1) is 0 Å². The van der Waals surface area contributed by atoms with Gasteiger partial charge in [0.2, 0.25) is 0 Å². The summed E-state index contributed by atoms with van der Waals surface area (Å²) in [5.74, 6) is 0.733. The van der Waals surface area contributed by atoms with Crippen LogP contribution in [-0.2, 0) is 13.0 Å².